The van der Waals surface area contributed by atoms with E-state index in [-0.39, 0.29) is 0 Å². The molecule has 2 aromatic rings. The van der Waals surface area contributed by atoms with Crippen LogP contribution < -0.4 is 10.7 Å². The summed E-state index contributed by atoms with van der Waals surface area (Å²) < 4.78 is 0. The zero-order valence-electron chi connectivity index (χ0n) is 14.3. The second-order valence-electron chi connectivity index (χ2n) is 6.59. The molecule has 25 heavy (non-hydrogen) atoms. The van der Waals surface area contributed by atoms with Crippen LogP contribution in [-0.4, -0.2) is 18.1 Å². The van der Waals surface area contributed by atoms with Crippen molar-refractivity contribution in [2.45, 2.75) is 19.9 Å². The minimum atomic E-state index is 0.767. The van der Waals surface area contributed by atoms with E-state index in [0.29, 0.717) is 0 Å². The van der Waals surface area contributed by atoms with Gasteiger partial charge in [0, 0.05) is 22.7 Å². The van der Waals surface area contributed by atoms with Gasteiger partial charge in [0.2, 0.25) is 0 Å². The Kier molecular flexibility index (Phi) is 4.51. The molecular formula is C21H22ClN3. The minimum absolute atomic E-state index is 0.767. The summed E-state index contributed by atoms with van der Waals surface area (Å²) in [5.74, 6) is 0. The van der Waals surface area contributed by atoms with Crippen molar-refractivity contribution < 1.29 is 0 Å². The molecule has 3 nitrogen and oxygen atoms in total. The summed E-state index contributed by atoms with van der Waals surface area (Å²) in [5.41, 5.74) is 11.2. The van der Waals surface area contributed by atoms with E-state index in [1.54, 1.807) is 0 Å². The first kappa shape index (κ1) is 16.2. The van der Waals surface area contributed by atoms with Crippen LogP contribution in [0.4, 0.5) is 0 Å². The first-order valence-electron chi connectivity index (χ1n) is 8.71. The number of halogens is 1. The first-order chi connectivity index (χ1) is 12.2. The average molecular weight is 352 g/mol. The fourth-order valence-corrected chi connectivity index (χ4v) is 3.53. The van der Waals surface area contributed by atoms with Crippen molar-refractivity contribution >= 4 is 17.3 Å². The average Bonchev–Trinajstić information content (AvgIpc) is 2.79. The number of fused-ring (bicyclic) bond motifs is 1. The summed E-state index contributed by atoms with van der Waals surface area (Å²) in [5, 5.41) is 6.47. The molecule has 0 aromatic heterocycles. The zero-order valence-corrected chi connectivity index (χ0v) is 15.1. The van der Waals surface area contributed by atoms with Crippen LogP contribution in [0.5, 0.6) is 0 Å². The van der Waals surface area contributed by atoms with Gasteiger partial charge >= 0.3 is 0 Å². The topological polar surface area (TPSA) is 27.3 Å². The molecule has 0 saturated heterocycles. The van der Waals surface area contributed by atoms with Crippen molar-refractivity contribution in [3.63, 3.8) is 0 Å². The third-order valence-corrected chi connectivity index (χ3v) is 4.97. The highest BCUT2D eigenvalue weighted by Crippen LogP contribution is 2.35. The number of allylic oxidation sites excluding steroid dienone is 1. The highest BCUT2D eigenvalue weighted by molar-refractivity contribution is 6.30. The monoisotopic (exact) mass is 351 g/mol. The van der Waals surface area contributed by atoms with Crippen LogP contribution in [0.1, 0.15) is 23.1 Å². The molecule has 0 bridgehead atoms. The highest BCUT2D eigenvalue weighted by Gasteiger charge is 2.28. The third-order valence-electron chi connectivity index (χ3n) is 4.72. The number of nitrogens with one attached hydrogen (secondary N) is 2. The lowest BCUT2D eigenvalue weighted by Crippen LogP contribution is -2.30. The molecule has 2 aliphatic heterocycles. The van der Waals surface area contributed by atoms with Crippen LogP contribution in [0.15, 0.2) is 65.9 Å². The largest absolute Gasteiger partial charge is 0.313 e. The Labute approximate surface area is 154 Å². The van der Waals surface area contributed by atoms with Crippen molar-refractivity contribution in [2.75, 3.05) is 13.1 Å². The lowest BCUT2D eigenvalue weighted by atomic mass is 10.0. The Morgan fingerprint density at radius 2 is 1.80 bits per heavy atom. The second kappa shape index (κ2) is 6.95. The Hall–Kier alpha value is -2.23. The van der Waals surface area contributed by atoms with Gasteiger partial charge in [-0.15, -0.1) is 0 Å². The van der Waals surface area contributed by atoms with Crippen molar-refractivity contribution in [2.24, 2.45) is 0 Å². The molecule has 128 valence electrons. The Bertz CT molecular complexity index is 819. The van der Waals surface area contributed by atoms with E-state index in [0.717, 1.165) is 31.1 Å². The van der Waals surface area contributed by atoms with E-state index in [2.05, 4.69) is 65.1 Å². The molecule has 0 radical (unpaired) electrons. The smallest absolute Gasteiger partial charge is 0.0701 e. The van der Waals surface area contributed by atoms with E-state index < -0.39 is 0 Å². The first-order valence-corrected chi connectivity index (χ1v) is 9.08. The van der Waals surface area contributed by atoms with Crippen LogP contribution in [0, 0.1) is 6.92 Å². The van der Waals surface area contributed by atoms with Crippen molar-refractivity contribution in [3.05, 3.63) is 87.6 Å². The fraction of sp³-hybridized carbons (Fsp3) is 0.238. The van der Waals surface area contributed by atoms with Gasteiger partial charge in [0.25, 0.3) is 0 Å². The predicted octanol–water partition coefficient (Wildman–Crippen LogP) is 4.26. The van der Waals surface area contributed by atoms with Gasteiger partial charge in [-0.05, 0) is 43.7 Å². The number of rotatable bonds is 3. The predicted molar refractivity (Wildman–Crippen MR) is 104 cm³/mol. The van der Waals surface area contributed by atoms with E-state index in [1.165, 1.54) is 33.7 Å². The van der Waals surface area contributed by atoms with E-state index >= 15 is 0 Å². The molecule has 2 aliphatic rings. The van der Waals surface area contributed by atoms with Crippen molar-refractivity contribution in [1.82, 2.24) is 15.8 Å². The van der Waals surface area contributed by atoms with Crippen LogP contribution in [0.2, 0.25) is 5.02 Å². The van der Waals surface area contributed by atoms with Crippen LogP contribution >= 0.6 is 11.6 Å². The van der Waals surface area contributed by atoms with Crippen LogP contribution in [0.3, 0.4) is 0 Å². The quantitative estimate of drug-likeness (QED) is 0.865. The maximum Gasteiger partial charge on any atom is 0.0701 e. The Morgan fingerprint density at radius 3 is 2.56 bits per heavy atom. The second-order valence-corrected chi connectivity index (χ2v) is 7.03. The summed E-state index contributed by atoms with van der Waals surface area (Å²) in [6.45, 7) is 4.84. The fourth-order valence-electron chi connectivity index (χ4n) is 3.40. The summed E-state index contributed by atoms with van der Waals surface area (Å²) in [6.07, 6.45) is 3.26. The standard InChI is InChI=1S/C21H22ClN3/c1-15-2-4-16(5-3-15)14-25-21(17-6-8-18(22)9-7-17)19-10-12-23-13-11-20(19)24-25/h2-9,11,23-24H,10,12-14H2,1H3. The van der Waals surface area contributed by atoms with Gasteiger partial charge < -0.3 is 5.32 Å². The van der Waals surface area contributed by atoms with Gasteiger partial charge in [-0.2, -0.15) is 0 Å². The van der Waals surface area contributed by atoms with E-state index in [9.17, 15) is 0 Å². The number of aryl methyl sites for hydroxylation is 1. The number of hydrogen-bond acceptors (Lipinski definition) is 3. The van der Waals surface area contributed by atoms with Crippen LogP contribution in [0.25, 0.3) is 5.70 Å². The lowest BCUT2D eigenvalue weighted by Gasteiger charge is -2.24. The number of nitrogens with zero attached hydrogens (tertiary/aromatic N) is 1. The van der Waals surface area contributed by atoms with Gasteiger partial charge in [0.15, 0.2) is 0 Å². The minimum Gasteiger partial charge on any atom is -0.313 e. The van der Waals surface area contributed by atoms with E-state index in [1.807, 2.05) is 12.1 Å². The highest BCUT2D eigenvalue weighted by atomic mass is 35.5. The molecule has 2 N–H and O–H groups in total. The number of benzene rings is 2. The molecule has 0 aliphatic carbocycles. The molecule has 2 heterocycles. The molecule has 0 saturated carbocycles. The molecule has 0 spiro atoms. The van der Waals surface area contributed by atoms with Gasteiger partial charge in [0.05, 0.1) is 17.9 Å². The molecule has 0 amide bonds. The number of hydrogen-bond donors (Lipinski definition) is 2. The summed E-state index contributed by atoms with van der Waals surface area (Å²) in [4.78, 5) is 0. The lowest BCUT2D eigenvalue weighted by molar-refractivity contribution is 0.335. The molecule has 0 atom stereocenters. The summed E-state index contributed by atoms with van der Waals surface area (Å²) in [6, 6.07) is 16.9. The van der Waals surface area contributed by atoms with Gasteiger partial charge in [-0.25, -0.2) is 0 Å². The van der Waals surface area contributed by atoms with Gasteiger partial charge in [-0.1, -0.05) is 53.6 Å². The number of hydrazine groups is 1. The molecule has 0 fully saturated rings. The van der Waals surface area contributed by atoms with Crippen LogP contribution in [-0.2, 0) is 6.54 Å². The SMILES string of the molecule is Cc1ccc(CN2NC3=CCNCCC3=C2c2ccc(Cl)cc2)cc1. The zero-order chi connectivity index (χ0) is 17.2. The molecule has 4 heteroatoms. The molecule has 4 rings (SSSR count). The molecular weight excluding hydrogens is 330 g/mol. The van der Waals surface area contributed by atoms with Gasteiger partial charge in [0.1, 0.15) is 0 Å². The summed E-state index contributed by atoms with van der Waals surface area (Å²) >= 11 is 6.10. The maximum atomic E-state index is 6.10. The Balaban J connectivity index is 1.72. The van der Waals surface area contributed by atoms with Crippen molar-refractivity contribution in [3.8, 4) is 0 Å². The molecule has 0 unspecified atom stereocenters. The van der Waals surface area contributed by atoms with Crippen molar-refractivity contribution in [1.29, 1.82) is 0 Å². The van der Waals surface area contributed by atoms with E-state index in [4.69, 9.17) is 11.6 Å². The normalized spacial score (nSPS) is 17.0. The van der Waals surface area contributed by atoms with Gasteiger partial charge in [-0.3, -0.25) is 10.4 Å². The maximum absolute atomic E-state index is 6.10. The Morgan fingerprint density at radius 1 is 1.04 bits per heavy atom. The summed E-state index contributed by atoms with van der Waals surface area (Å²) in [7, 11) is 0. The molecule has 2 aromatic carbocycles. The third kappa shape index (κ3) is 3.44.